The zero-order valence-corrected chi connectivity index (χ0v) is 12.2. The van der Waals surface area contributed by atoms with Crippen LogP contribution in [-0.4, -0.2) is 10.9 Å². The molecule has 0 saturated carbocycles. The lowest BCUT2D eigenvalue weighted by Crippen LogP contribution is -2.20. The minimum Gasteiger partial charge on any atom is -0.465 e. The molecule has 0 radical (unpaired) electrons. The van der Waals surface area contributed by atoms with Crippen LogP contribution < -0.4 is 5.32 Å². The Bertz CT molecular complexity index is 820. The standard InChI is InChI=1S/C18H16N2O2/c1-13-11-14(16-6-2-3-7-17(16)20-13)12-19-18(21)9-8-15-5-4-10-22-15/h2-11H,12H2,1H3,(H,19,21). The van der Waals surface area contributed by atoms with E-state index in [-0.39, 0.29) is 5.91 Å². The minimum atomic E-state index is -0.157. The van der Waals surface area contributed by atoms with Crippen molar-refractivity contribution in [2.45, 2.75) is 13.5 Å². The van der Waals surface area contributed by atoms with E-state index in [9.17, 15) is 4.79 Å². The Morgan fingerprint density at radius 2 is 2.14 bits per heavy atom. The molecule has 110 valence electrons. The van der Waals surface area contributed by atoms with Gasteiger partial charge in [-0.2, -0.15) is 0 Å². The zero-order chi connectivity index (χ0) is 15.4. The summed E-state index contributed by atoms with van der Waals surface area (Å²) in [6.45, 7) is 2.42. The van der Waals surface area contributed by atoms with Crippen molar-refractivity contribution >= 4 is 22.9 Å². The second-order valence-corrected chi connectivity index (χ2v) is 5.01. The molecule has 2 aromatic heterocycles. The Balaban J connectivity index is 1.72. The molecule has 0 aliphatic heterocycles. The van der Waals surface area contributed by atoms with Crippen molar-refractivity contribution < 1.29 is 9.21 Å². The van der Waals surface area contributed by atoms with Crippen molar-refractivity contribution in [3.05, 3.63) is 71.8 Å². The van der Waals surface area contributed by atoms with Gasteiger partial charge in [0.25, 0.3) is 0 Å². The Morgan fingerprint density at radius 3 is 2.95 bits per heavy atom. The molecule has 1 amide bonds. The number of hydrogen-bond acceptors (Lipinski definition) is 3. The summed E-state index contributed by atoms with van der Waals surface area (Å²) in [7, 11) is 0. The average molecular weight is 292 g/mol. The normalized spacial score (nSPS) is 11.1. The van der Waals surface area contributed by atoms with Gasteiger partial charge in [-0.15, -0.1) is 0 Å². The third kappa shape index (κ3) is 3.23. The Labute approximate surface area is 128 Å². The molecule has 1 aromatic carbocycles. The number of carbonyl (C=O) groups is 1. The summed E-state index contributed by atoms with van der Waals surface area (Å²) in [5.74, 6) is 0.496. The predicted octanol–water partition coefficient (Wildman–Crippen LogP) is 3.47. The summed E-state index contributed by atoms with van der Waals surface area (Å²) in [6, 6.07) is 13.5. The van der Waals surface area contributed by atoms with E-state index in [0.29, 0.717) is 12.3 Å². The van der Waals surface area contributed by atoms with Crippen molar-refractivity contribution in [1.29, 1.82) is 0 Å². The van der Waals surface area contributed by atoms with Crippen LogP contribution in [-0.2, 0) is 11.3 Å². The van der Waals surface area contributed by atoms with E-state index < -0.39 is 0 Å². The molecule has 0 saturated heterocycles. The van der Waals surface area contributed by atoms with Crippen molar-refractivity contribution in [3.63, 3.8) is 0 Å². The van der Waals surface area contributed by atoms with E-state index in [2.05, 4.69) is 10.3 Å². The highest BCUT2D eigenvalue weighted by atomic mass is 16.3. The highest BCUT2D eigenvalue weighted by Crippen LogP contribution is 2.17. The van der Waals surface area contributed by atoms with E-state index in [1.807, 2.05) is 37.3 Å². The highest BCUT2D eigenvalue weighted by molar-refractivity contribution is 5.91. The van der Waals surface area contributed by atoms with Gasteiger partial charge in [0.15, 0.2) is 0 Å². The fourth-order valence-corrected chi connectivity index (χ4v) is 2.33. The van der Waals surface area contributed by atoms with E-state index in [0.717, 1.165) is 22.2 Å². The van der Waals surface area contributed by atoms with Gasteiger partial charge in [-0.05, 0) is 42.8 Å². The number of fused-ring (bicyclic) bond motifs is 1. The van der Waals surface area contributed by atoms with E-state index in [1.165, 1.54) is 6.08 Å². The van der Waals surface area contributed by atoms with Crippen LogP contribution in [0.5, 0.6) is 0 Å². The molecule has 3 rings (SSSR count). The number of aromatic nitrogens is 1. The SMILES string of the molecule is Cc1cc(CNC(=O)C=Cc2ccco2)c2ccccc2n1. The second-order valence-electron chi connectivity index (χ2n) is 5.01. The van der Waals surface area contributed by atoms with Crippen LogP contribution in [0.4, 0.5) is 0 Å². The highest BCUT2D eigenvalue weighted by Gasteiger charge is 2.04. The lowest BCUT2D eigenvalue weighted by molar-refractivity contribution is -0.116. The maximum atomic E-state index is 11.9. The summed E-state index contributed by atoms with van der Waals surface area (Å²) in [6.07, 6.45) is 4.68. The van der Waals surface area contributed by atoms with Crippen LogP contribution in [0.15, 0.2) is 59.2 Å². The van der Waals surface area contributed by atoms with Crippen molar-refractivity contribution in [2.75, 3.05) is 0 Å². The molecular formula is C18H16N2O2. The molecular weight excluding hydrogens is 276 g/mol. The average Bonchev–Trinajstić information content (AvgIpc) is 3.04. The molecule has 0 aliphatic rings. The smallest absolute Gasteiger partial charge is 0.244 e. The Kier molecular flexibility index (Phi) is 4.01. The molecule has 0 atom stereocenters. The van der Waals surface area contributed by atoms with Gasteiger partial charge in [0.05, 0.1) is 11.8 Å². The number of carbonyl (C=O) groups excluding carboxylic acids is 1. The summed E-state index contributed by atoms with van der Waals surface area (Å²) < 4.78 is 5.14. The van der Waals surface area contributed by atoms with Crippen LogP contribution >= 0.6 is 0 Å². The fourth-order valence-electron chi connectivity index (χ4n) is 2.33. The number of furan rings is 1. The Hall–Kier alpha value is -2.88. The number of benzene rings is 1. The van der Waals surface area contributed by atoms with Gasteiger partial charge in [0.1, 0.15) is 5.76 Å². The first-order valence-corrected chi connectivity index (χ1v) is 7.07. The van der Waals surface area contributed by atoms with Crippen LogP contribution in [0.2, 0.25) is 0 Å². The maximum absolute atomic E-state index is 11.9. The summed E-state index contributed by atoms with van der Waals surface area (Å²) >= 11 is 0. The monoisotopic (exact) mass is 292 g/mol. The van der Waals surface area contributed by atoms with E-state index in [4.69, 9.17) is 4.42 Å². The molecule has 4 nitrogen and oxygen atoms in total. The molecule has 0 bridgehead atoms. The number of nitrogens with one attached hydrogen (secondary N) is 1. The molecule has 2 heterocycles. The van der Waals surface area contributed by atoms with E-state index >= 15 is 0 Å². The first-order chi connectivity index (χ1) is 10.7. The molecule has 22 heavy (non-hydrogen) atoms. The van der Waals surface area contributed by atoms with E-state index in [1.54, 1.807) is 24.5 Å². The van der Waals surface area contributed by atoms with Gasteiger partial charge < -0.3 is 9.73 Å². The third-order valence-electron chi connectivity index (χ3n) is 3.33. The number of aryl methyl sites for hydroxylation is 1. The summed E-state index contributed by atoms with van der Waals surface area (Å²) in [4.78, 5) is 16.4. The van der Waals surface area contributed by atoms with Gasteiger partial charge in [0, 0.05) is 23.7 Å². The first-order valence-electron chi connectivity index (χ1n) is 7.07. The molecule has 0 unspecified atom stereocenters. The summed E-state index contributed by atoms with van der Waals surface area (Å²) in [5.41, 5.74) is 2.94. The van der Waals surface area contributed by atoms with Crippen LogP contribution in [0.3, 0.4) is 0 Å². The molecule has 3 aromatic rings. The molecule has 0 aliphatic carbocycles. The van der Waals surface area contributed by atoms with Crippen LogP contribution in [0.25, 0.3) is 17.0 Å². The number of nitrogens with zero attached hydrogens (tertiary/aromatic N) is 1. The number of rotatable bonds is 4. The number of para-hydroxylation sites is 1. The van der Waals surface area contributed by atoms with Gasteiger partial charge in [-0.1, -0.05) is 18.2 Å². The zero-order valence-electron chi connectivity index (χ0n) is 12.2. The maximum Gasteiger partial charge on any atom is 0.244 e. The predicted molar refractivity (Wildman–Crippen MR) is 86.1 cm³/mol. The van der Waals surface area contributed by atoms with Crippen molar-refractivity contribution in [1.82, 2.24) is 10.3 Å². The molecule has 0 spiro atoms. The van der Waals surface area contributed by atoms with Crippen LogP contribution in [0.1, 0.15) is 17.0 Å². The molecule has 0 fully saturated rings. The van der Waals surface area contributed by atoms with Crippen molar-refractivity contribution in [3.8, 4) is 0 Å². The third-order valence-corrected chi connectivity index (χ3v) is 3.33. The topological polar surface area (TPSA) is 55.1 Å². The fraction of sp³-hybridized carbons (Fsp3) is 0.111. The number of pyridine rings is 1. The summed E-state index contributed by atoms with van der Waals surface area (Å²) in [5, 5.41) is 3.94. The largest absolute Gasteiger partial charge is 0.465 e. The number of hydrogen-bond donors (Lipinski definition) is 1. The number of amides is 1. The Morgan fingerprint density at radius 1 is 1.27 bits per heavy atom. The minimum absolute atomic E-state index is 0.157. The molecule has 1 N–H and O–H groups in total. The van der Waals surface area contributed by atoms with Gasteiger partial charge in [0.2, 0.25) is 5.91 Å². The lowest BCUT2D eigenvalue weighted by Gasteiger charge is -2.08. The molecule has 4 heteroatoms. The van der Waals surface area contributed by atoms with Crippen LogP contribution in [0, 0.1) is 6.92 Å². The van der Waals surface area contributed by atoms with Gasteiger partial charge in [-0.3, -0.25) is 9.78 Å². The van der Waals surface area contributed by atoms with Crippen molar-refractivity contribution in [2.24, 2.45) is 0 Å². The lowest BCUT2D eigenvalue weighted by atomic mass is 10.1. The quantitative estimate of drug-likeness (QED) is 0.749. The van der Waals surface area contributed by atoms with Gasteiger partial charge >= 0.3 is 0 Å². The second kappa shape index (κ2) is 6.26. The van der Waals surface area contributed by atoms with Gasteiger partial charge in [-0.25, -0.2) is 0 Å². The first kappa shape index (κ1) is 14.1.